The zero-order valence-electron chi connectivity index (χ0n) is 9.64. The minimum Gasteiger partial charge on any atom is -0.333 e. The van der Waals surface area contributed by atoms with Crippen molar-refractivity contribution in [1.82, 2.24) is 9.88 Å². The van der Waals surface area contributed by atoms with E-state index in [9.17, 15) is 4.79 Å². The fourth-order valence-electron chi connectivity index (χ4n) is 2.25. The average molecular weight is 239 g/mol. The Morgan fingerprint density at radius 2 is 2.44 bits per heavy atom. The number of piperidine rings is 1. The first-order valence-electron chi connectivity index (χ1n) is 5.60. The van der Waals surface area contributed by atoms with Gasteiger partial charge in [-0.15, -0.1) is 11.3 Å². The third-order valence-electron chi connectivity index (χ3n) is 3.03. The van der Waals surface area contributed by atoms with Crippen LogP contribution in [0.3, 0.4) is 0 Å². The average Bonchev–Trinajstić information content (AvgIpc) is 2.67. The van der Waals surface area contributed by atoms with Gasteiger partial charge in [0.05, 0.1) is 16.7 Å². The summed E-state index contributed by atoms with van der Waals surface area (Å²) in [4.78, 5) is 18.1. The third-order valence-corrected chi connectivity index (χ3v) is 3.83. The molecule has 2 unspecified atom stereocenters. The van der Waals surface area contributed by atoms with Crippen LogP contribution in [-0.2, 0) is 4.79 Å². The van der Waals surface area contributed by atoms with Gasteiger partial charge in [0.15, 0.2) is 0 Å². The van der Waals surface area contributed by atoms with E-state index in [1.165, 1.54) is 0 Å². The number of carbonyl (C=O) groups excluding carboxylic acids is 1. The lowest BCUT2D eigenvalue weighted by Gasteiger charge is -2.38. The predicted octanol–water partition coefficient (Wildman–Crippen LogP) is 1.46. The standard InChI is InChI=1S/C11H17N3OS/c1-3-14-10(15)5-4-8(12)11(14)9-6-16-7(2)13-9/h6,8,11H,3-5,12H2,1-2H3. The Kier molecular flexibility index (Phi) is 3.25. The van der Waals surface area contributed by atoms with Crippen LogP contribution in [0.15, 0.2) is 5.38 Å². The van der Waals surface area contributed by atoms with Gasteiger partial charge in [-0.05, 0) is 20.3 Å². The molecule has 0 bridgehead atoms. The molecule has 1 saturated heterocycles. The molecule has 0 aliphatic carbocycles. The van der Waals surface area contributed by atoms with E-state index in [2.05, 4.69) is 4.98 Å². The number of nitrogens with two attached hydrogens (primary N) is 1. The summed E-state index contributed by atoms with van der Waals surface area (Å²) in [5.41, 5.74) is 7.07. The monoisotopic (exact) mass is 239 g/mol. The van der Waals surface area contributed by atoms with Crippen molar-refractivity contribution < 1.29 is 4.79 Å². The van der Waals surface area contributed by atoms with Gasteiger partial charge < -0.3 is 10.6 Å². The van der Waals surface area contributed by atoms with Gasteiger partial charge in [-0.2, -0.15) is 0 Å². The molecular formula is C11H17N3OS. The van der Waals surface area contributed by atoms with Gasteiger partial charge in [-0.1, -0.05) is 0 Å². The van der Waals surface area contributed by atoms with E-state index in [1.807, 2.05) is 24.1 Å². The summed E-state index contributed by atoms with van der Waals surface area (Å²) in [6.07, 6.45) is 1.32. The lowest BCUT2D eigenvalue weighted by molar-refractivity contribution is -0.137. The Hall–Kier alpha value is -0.940. The highest BCUT2D eigenvalue weighted by Crippen LogP contribution is 2.31. The van der Waals surface area contributed by atoms with Crippen molar-refractivity contribution in [3.05, 3.63) is 16.1 Å². The van der Waals surface area contributed by atoms with Crippen molar-refractivity contribution >= 4 is 17.2 Å². The molecular weight excluding hydrogens is 222 g/mol. The number of amides is 1. The van der Waals surface area contributed by atoms with Gasteiger partial charge in [0, 0.05) is 24.4 Å². The van der Waals surface area contributed by atoms with Gasteiger partial charge in [-0.3, -0.25) is 4.79 Å². The molecule has 0 radical (unpaired) electrons. The SMILES string of the molecule is CCN1C(=O)CCC(N)C1c1csc(C)n1. The van der Waals surface area contributed by atoms with Gasteiger partial charge >= 0.3 is 0 Å². The third kappa shape index (κ3) is 1.97. The molecule has 1 fully saturated rings. The highest BCUT2D eigenvalue weighted by molar-refractivity contribution is 7.09. The second-order valence-corrected chi connectivity index (χ2v) is 5.18. The number of nitrogens with zero attached hydrogens (tertiary/aromatic N) is 2. The van der Waals surface area contributed by atoms with Crippen LogP contribution in [0, 0.1) is 6.92 Å². The zero-order valence-corrected chi connectivity index (χ0v) is 10.5. The topological polar surface area (TPSA) is 59.2 Å². The van der Waals surface area contributed by atoms with Crippen LogP contribution in [0.25, 0.3) is 0 Å². The van der Waals surface area contributed by atoms with Gasteiger partial charge in [-0.25, -0.2) is 4.98 Å². The van der Waals surface area contributed by atoms with E-state index >= 15 is 0 Å². The molecule has 5 heteroatoms. The van der Waals surface area contributed by atoms with Crippen molar-refractivity contribution in [2.75, 3.05) is 6.54 Å². The van der Waals surface area contributed by atoms with Crippen molar-refractivity contribution in [3.63, 3.8) is 0 Å². The molecule has 2 heterocycles. The van der Waals surface area contributed by atoms with E-state index in [0.29, 0.717) is 13.0 Å². The van der Waals surface area contributed by atoms with Crippen LogP contribution in [-0.4, -0.2) is 28.4 Å². The quantitative estimate of drug-likeness (QED) is 0.850. The lowest BCUT2D eigenvalue weighted by Crippen LogP contribution is -2.48. The summed E-state index contributed by atoms with van der Waals surface area (Å²) < 4.78 is 0. The molecule has 0 saturated carbocycles. The Morgan fingerprint density at radius 1 is 1.69 bits per heavy atom. The van der Waals surface area contributed by atoms with Crippen LogP contribution >= 0.6 is 11.3 Å². The summed E-state index contributed by atoms with van der Waals surface area (Å²) in [6, 6.07) is -0.0182. The fraction of sp³-hybridized carbons (Fsp3) is 0.636. The smallest absolute Gasteiger partial charge is 0.223 e. The maximum absolute atomic E-state index is 11.8. The van der Waals surface area contributed by atoms with E-state index in [4.69, 9.17) is 5.73 Å². The summed E-state index contributed by atoms with van der Waals surface area (Å²) in [5.74, 6) is 0.194. The number of aromatic nitrogens is 1. The predicted molar refractivity (Wildman–Crippen MR) is 64.2 cm³/mol. The van der Waals surface area contributed by atoms with Crippen molar-refractivity contribution in [2.45, 2.75) is 38.8 Å². The van der Waals surface area contributed by atoms with Crippen LogP contribution in [0.2, 0.25) is 0 Å². The Bertz CT molecular complexity index is 390. The van der Waals surface area contributed by atoms with Gasteiger partial charge in [0.1, 0.15) is 0 Å². The highest BCUT2D eigenvalue weighted by atomic mass is 32.1. The Labute approximate surface area is 99.5 Å². The van der Waals surface area contributed by atoms with Crippen LogP contribution in [0.1, 0.15) is 36.5 Å². The number of hydrogen-bond acceptors (Lipinski definition) is 4. The second kappa shape index (κ2) is 4.51. The first-order valence-corrected chi connectivity index (χ1v) is 6.48. The van der Waals surface area contributed by atoms with Crippen molar-refractivity contribution in [1.29, 1.82) is 0 Å². The van der Waals surface area contributed by atoms with Crippen molar-refractivity contribution in [3.8, 4) is 0 Å². The minimum atomic E-state index is -0.0313. The maximum atomic E-state index is 11.8. The largest absolute Gasteiger partial charge is 0.333 e. The minimum absolute atomic E-state index is 0.0131. The normalized spacial score (nSPS) is 26.2. The molecule has 88 valence electrons. The molecule has 2 N–H and O–H groups in total. The summed E-state index contributed by atoms with van der Waals surface area (Å²) in [6.45, 7) is 4.66. The fourth-order valence-corrected chi connectivity index (χ4v) is 2.89. The highest BCUT2D eigenvalue weighted by Gasteiger charge is 2.35. The molecule has 2 atom stereocenters. The van der Waals surface area contributed by atoms with Crippen LogP contribution in [0.4, 0.5) is 0 Å². The Morgan fingerprint density at radius 3 is 3.00 bits per heavy atom. The molecule has 4 nitrogen and oxygen atoms in total. The molecule has 1 aliphatic rings. The second-order valence-electron chi connectivity index (χ2n) is 4.12. The number of aryl methyl sites for hydroxylation is 1. The van der Waals surface area contributed by atoms with Crippen LogP contribution in [0.5, 0.6) is 0 Å². The van der Waals surface area contributed by atoms with E-state index < -0.39 is 0 Å². The molecule has 1 amide bonds. The van der Waals surface area contributed by atoms with E-state index in [1.54, 1.807) is 11.3 Å². The lowest BCUT2D eigenvalue weighted by atomic mass is 9.94. The van der Waals surface area contributed by atoms with Gasteiger partial charge in [0.25, 0.3) is 0 Å². The number of likely N-dealkylation sites (N-methyl/N-ethyl adjacent to an activating group) is 1. The van der Waals surface area contributed by atoms with Gasteiger partial charge in [0.2, 0.25) is 5.91 Å². The maximum Gasteiger partial charge on any atom is 0.223 e. The molecule has 16 heavy (non-hydrogen) atoms. The number of rotatable bonds is 2. The molecule has 1 aliphatic heterocycles. The number of carbonyl (C=O) groups is 1. The molecule has 1 aromatic heterocycles. The van der Waals surface area contributed by atoms with E-state index in [-0.39, 0.29) is 18.0 Å². The van der Waals surface area contributed by atoms with Crippen molar-refractivity contribution in [2.24, 2.45) is 5.73 Å². The first kappa shape index (κ1) is 11.5. The number of likely N-dealkylation sites (tertiary alicyclic amines) is 1. The number of thiazole rings is 1. The zero-order chi connectivity index (χ0) is 11.7. The summed E-state index contributed by atoms with van der Waals surface area (Å²) >= 11 is 1.61. The van der Waals surface area contributed by atoms with E-state index in [0.717, 1.165) is 17.1 Å². The molecule has 1 aromatic rings. The molecule has 2 rings (SSSR count). The molecule has 0 spiro atoms. The van der Waals surface area contributed by atoms with Crippen LogP contribution < -0.4 is 5.73 Å². The Balaban J connectivity index is 2.30. The summed E-state index contributed by atoms with van der Waals surface area (Å²) in [7, 11) is 0. The molecule has 0 aromatic carbocycles. The summed E-state index contributed by atoms with van der Waals surface area (Å²) in [5, 5.41) is 3.04. The first-order chi connectivity index (χ1) is 7.63. The number of hydrogen-bond donors (Lipinski definition) is 1.